The summed E-state index contributed by atoms with van der Waals surface area (Å²) in [6.07, 6.45) is 0.501. The molecule has 0 saturated heterocycles. The van der Waals surface area contributed by atoms with Crippen LogP contribution >= 0.6 is 0 Å². The lowest BCUT2D eigenvalue weighted by molar-refractivity contribution is -0.117. The summed E-state index contributed by atoms with van der Waals surface area (Å²) in [6.45, 7) is 11.3. The van der Waals surface area contributed by atoms with Crippen molar-refractivity contribution in [2.45, 2.75) is 52.9 Å². The fraction of sp³-hybridized carbons (Fsp3) is 0.435. The van der Waals surface area contributed by atoms with Gasteiger partial charge in [-0.1, -0.05) is 58.9 Å². The molecule has 0 bridgehead atoms. The van der Waals surface area contributed by atoms with Crippen molar-refractivity contribution in [1.82, 2.24) is 0 Å². The van der Waals surface area contributed by atoms with Crippen LogP contribution in [0.25, 0.3) is 0 Å². The average molecular weight is 351 g/mol. The van der Waals surface area contributed by atoms with Crippen LogP contribution in [0.5, 0.6) is 5.75 Å². The lowest BCUT2D eigenvalue weighted by Crippen LogP contribution is -2.19. The number of hydrogen-bond acceptors (Lipinski definition) is 2. The molecule has 0 fully saturated rings. The Hall–Kier alpha value is -2.29. The van der Waals surface area contributed by atoms with Gasteiger partial charge < -0.3 is 10.1 Å². The molecule has 3 heteroatoms. The number of hydrogen-bond donors (Lipinski definition) is 1. The van der Waals surface area contributed by atoms with E-state index in [9.17, 15) is 4.79 Å². The van der Waals surface area contributed by atoms with Crippen LogP contribution in [0.15, 0.2) is 42.5 Å². The summed E-state index contributed by atoms with van der Waals surface area (Å²) in [5.41, 5.74) is 4.57. The van der Waals surface area contributed by atoms with E-state index in [2.05, 4.69) is 70.3 Å². The van der Waals surface area contributed by atoms with Gasteiger partial charge >= 0.3 is 0 Å². The minimum Gasteiger partial charge on any atom is -0.492 e. The second-order valence-corrected chi connectivity index (χ2v) is 8.72. The number of nitrogens with one attached hydrogen (secondary N) is 1. The number of fused-ring (bicyclic) bond motifs is 1. The molecule has 0 aromatic heterocycles. The summed E-state index contributed by atoms with van der Waals surface area (Å²) < 4.78 is 5.87. The Labute approximate surface area is 156 Å². The summed E-state index contributed by atoms with van der Waals surface area (Å²) >= 11 is 0. The Morgan fingerprint density at radius 2 is 1.85 bits per heavy atom. The Bertz CT molecular complexity index is 785. The van der Waals surface area contributed by atoms with E-state index in [0.29, 0.717) is 18.9 Å². The highest BCUT2D eigenvalue weighted by atomic mass is 16.5. The third-order valence-electron chi connectivity index (χ3n) is 4.77. The first-order valence-corrected chi connectivity index (χ1v) is 9.39. The van der Waals surface area contributed by atoms with Crippen LogP contribution < -0.4 is 10.1 Å². The molecule has 1 aliphatic heterocycles. The van der Waals surface area contributed by atoms with Gasteiger partial charge in [0.25, 0.3) is 0 Å². The number of carbonyl (C=O) groups excluding carboxylic acids is 1. The molecule has 1 amide bonds. The molecular formula is C23H29NO2. The van der Waals surface area contributed by atoms with E-state index in [1.54, 1.807) is 0 Å². The second-order valence-electron chi connectivity index (χ2n) is 8.72. The van der Waals surface area contributed by atoms with Crippen LogP contribution in [0, 0.1) is 5.41 Å². The topological polar surface area (TPSA) is 38.3 Å². The van der Waals surface area contributed by atoms with E-state index in [1.165, 1.54) is 11.1 Å². The number of anilines is 1. The van der Waals surface area contributed by atoms with Gasteiger partial charge in [-0.15, -0.1) is 0 Å². The van der Waals surface area contributed by atoms with Gasteiger partial charge in [-0.25, -0.2) is 0 Å². The molecule has 0 radical (unpaired) electrons. The first-order valence-electron chi connectivity index (χ1n) is 9.39. The zero-order chi connectivity index (χ0) is 18.9. The molecule has 1 heterocycles. The van der Waals surface area contributed by atoms with Crippen molar-refractivity contribution in [2.24, 2.45) is 5.41 Å². The fourth-order valence-corrected chi connectivity index (χ4v) is 3.37. The lowest BCUT2D eigenvalue weighted by Gasteiger charge is -2.17. The third kappa shape index (κ3) is 4.27. The van der Waals surface area contributed by atoms with Crippen LogP contribution in [0.2, 0.25) is 0 Å². The summed E-state index contributed by atoms with van der Waals surface area (Å²) in [7, 11) is 0. The van der Waals surface area contributed by atoms with Crippen LogP contribution in [0.4, 0.5) is 5.69 Å². The average Bonchev–Trinajstić information content (AvgIpc) is 2.96. The van der Waals surface area contributed by atoms with Gasteiger partial charge in [0.2, 0.25) is 5.91 Å². The van der Waals surface area contributed by atoms with E-state index in [0.717, 1.165) is 17.0 Å². The molecule has 1 aliphatic rings. The van der Waals surface area contributed by atoms with Crippen LogP contribution in [0.3, 0.4) is 0 Å². The molecule has 138 valence electrons. The Morgan fingerprint density at radius 3 is 2.46 bits per heavy atom. The monoisotopic (exact) mass is 351 g/mol. The van der Waals surface area contributed by atoms with Gasteiger partial charge in [0.15, 0.2) is 0 Å². The number of rotatable bonds is 4. The standard InChI is InChI=1S/C23H29NO2/c1-15(2)16-6-8-17(9-7-16)20-14-26-21-11-10-18(12-19(20)21)24-22(25)13-23(3,4)5/h6-12,15,20H,13-14H2,1-5H3,(H,24,25). The minimum atomic E-state index is -0.0232. The number of carbonyl (C=O) groups is 1. The second kappa shape index (κ2) is 7.14. The van der Waals surface area contributed by atoms with E-state index in [1.807, 2.05) is 12.1 Å². The van der Waals surface area contributed by atoms with Crippen molar-refractivity contribution >= 4 is 11.6 Å². The molecule has 0 saturated carbocycles. The molecule has 1 unspecified atom stereocenters. The summed E-state index contributed by atoms with van der Waals surface area (Å²) in [6, 6.07) is 14.7. The van der Waals surface area contributed by atoms with Crippen molar-refractivity contribution < 1.29 is 9.53 Å². The summed E-state index contributed by atoms with van der Waals surface area (Å²) in [5.74, 6) is 1.71. The molecule has 0 spiro atoms. The molecule has 1 N–H and O–H groups in total. The molecule has 2 aromatic carbocycles. The lowest BCUT2D eigenvalue weighted by atomic mass is 9.90. The fourth-order valence-electron chi connectivity index (χ4n) is 3.37. The quantitative estimate of drug-likeness (QED) is 0.766. The Balaban J connectivity index is 1.80. The maximum absolute atomic E-state index is 12.2. The highest BCUT2D eigenvalue weighted by molar-refractivity contribution is 5.91. The van der Waals surface area contributed by atoms with Crippen LogP contribution in [0.1, 0.15) is 69.6 Å². The molecule has 0 aliphatic carbocycles. The van der Waals surface area contributed by atoms with E-state index in [4.69, 9.17) is 4.74 Å². The normalized spacial score (nSPS) is 16.3. The summed E-state index contributed by atoms with van der Waals surface area (Å²) in [5, 5.41) is 3.03. The predicted molar refractivity (Wildman–Crippen MR) is 107 cm³/mol. The Morgan fingerprint density at radius 1 is 1.15 bits per heavy atom. The third-order valence-corrected chi connectivity index (χ3v) is 4.77. The number of benzene rings is 2. The Kier molecular flexibility index (Phi) is 5.08. The van der Waals surface area contributed by atoms with Gasteiger partial charge in [-0.05, 0) is 40.7 Å². The van der Waals surface area contributed by atoms with Crippen molar-refractivity contribution in [1.29, 1.82) is 0 Å². The van der Waals surface area contributed by atoms with Crippen molar-refractivity contribution in [2.75, 3.05) is 11.9 Å². The van der Waals surface area contributed by atoms with Crippen molar-refractivity contribution in [3.8, 4) is 5.75 Å². The highest BCUT2D eigenvalue weighted by Gasteiger charge is 2.26. The van der Waals surface area contributed by atoms with E-state index >= 15 is 0 Å². The van der Waals surface area contributed by atoms with Gasteiger partial charge in [-0.3, -0.25) is 4.79 Å². The first kappa shape index (κ1) is 18.5. The van der Waals surface area contributed by atoms with Gasteiger partial charge in [-0.2, -0.15) is 0 Å². The van der Waals surface area contributed by atoms with Crippen molar-refractivity contribution in [3.63, 3.8) is 0 Å². The SMILES string of the molecule is CC(C)c1ccc(C2COc3ccc(NC(=O)CC(C)(C)C)cc32)cc1. The molecule has 3 nitrogen and oxygen atoms in total. The first-order chi connectivity index (χ1) is 12.2. The predicted octanol–water partition coefficient (Wildman–Crippen LogP) is 5.71. The van der Waals surface area contributed by atoms with Gasteiger partial charge in [0.05, 0.1) is 6.61 Å². The number of amides is 1. The molecule has 2 aromatic rings. The van der Waals surface area contributed by atoms with Crippen LogP contribution in [-0.4, -0.2) is 12.5 Å². The van der Waals surface area contributed by atoms with E-state index in [-0.39, 0.29) is 17.2 Å². The van der Waals surface area contributed by atoms with Gasteiger partial charge in [0, 0.05) is 23.6 Å². The van der Waals surface area contributed by atoms with Crippen LogP contribution in [-0.2, 0) is 4.79 Å². The van der Waals surface area contributed by atoms with Crippen molar-refractivity contribution in [3.05, 3.63) is 59.2 Å². The van der Waals surface area contributed by atoms with Gasteiger partial charge in [0.1, 0.15) is 5.75 Å². The largest absolute Gasteiger partial charge is 0.492 e. The zero-order valence-corrected chi connectivity index (χ0v) is 16.4. The molecule has 3 rings (SSSR count). The molecular weight excluding hydrogens is 322 g/mol. The minimum absolute atomic E-state index is 0.0232. The number of ether oxygens (including phenoxy) is 1. The maximum atomic E-state index is 12.2. The van der Waals surface area contributed by atoms with E-state index < -0.39 is 0 Å². The zero-order valence-electron chi connectivity index (χ0n) is 16.4. The summed E-state index contributed by atoms with van der Waals surface area (Å²) in [4.78, 5) is 12.2. The molecule has 1 atom stereocenters. The highest BCUT2D eigenvalue weighted by Crippen LogP contribution is 2.40. The molecule has 26 heavy (non-hydrogen) atoms. The smallest absolute Gasteiger partial charge is 0.224 e. The maximum Gasteiger partial charge on any atom is 0.224 e.